The van der Waals surface area contributed by atoms with Crippen LogP contribution >= 0.6 is 0 Å². The van der Waals surface area contributed by atoms with E-state index in [0.717, 1.165) is 16.5 Å². The third kappa shape index (κ3) is 2.83. The monoisotopic (exact) mass is 295 g/mol. The Labute approximate surface area is 127 Å². The molecule has 0 amide bonds. The van der Waals surface area contributed by atoms with E-state index >= 15 is 0 Å². The van der Waals surface area contributed by atoms with E-state index in [1.807, 2.05) is 49.4 Å². The average molecular weight is 295 g/mol. The first kappa shape index (κ1) is 13.8. The maximum atomic E-state index is 12.6. The van der Waals surface area contributed by atoms with Crippen LogP contribution in [0.2, 0.25) is 0 Å². The van der Waals surface area contributed by atoms with Gasteiger partial charge < -0.3 is 5.73 Å². The van der Waals surface area contributed by atoms with Crippen molar-refractivity contribution in [3.05, 3.63) is 71.8 Å². The fourth-order valence-corrected chi connectivity index (χ4v) is 3.74. The molecule has 3 rings (SSSR count). The van der Waals surface area contributed by atoms with Crippen LogP contribution in [0, 0.1) is 6.92 Å². The summed E-state index contributed by atoms with van der Waals surface area (Å²) in [4.78, 5) is 0.716. The first-order chi connectivity index (χ1) is 10.1. The van der Waals surface area contributed by atoms with Gasteiger partial charge in [0.1, 0.15) is 0 Å². The summed E-state index contributed by atoms with van der Waals surface area (Å²) in [6.07, 6.45) is 0. The van der Waals surface area contributed by atoms with Gasteiger partial charge in [-0.2, -0.15) is 0 Å². The smallest absolute Gasteiger partial charge is 0.0621 e. The molecule has 0 aliphatic rings. The Morgan fingerprint density at radius 2 is 1.76 bits per heavy atom. The van der Waals surface area contributed by atoms with Crippen LogP contribution in [-0.2, 0) is 16.6 Å². The molecule has 0 heterocycles. The van der Waals surface area contributed by atoms with Gasteiger partial charge in [0.05, 0.1) is 21.4 Å². The molecule has 0 aliphatic carbocycles. The predicted molar refractivity (Wildman–Crippen MR) is 89.7 cm³/mol. The van der Waals surface area contributed by atoms with E-state index in [2.05, 4.69) is 18.2 Å². The molecule has 21 heavy (non-hydrogen) atoms. The lowest BCUT2D eigenvalue weighted by Crippen LogP contribution is -2.01. The second kappa shape index (κ2) is 5.70. The van der Waals surface area contributed by atoms with E-state index in [0.29, 0.717) is 16.3 Å². The fraction of sp³-hybridized carbons (Fsp3) is 0.111. The lowest BCUT2D eigenvalue weighted by molar-refractivity contribution is 0.683. The Morgan fingerprint density at radius 3 is 2.57 bits per heavy atom. The quantitative estimate of drug-likeness (QED) is 0.741. The molecule has 0 saturated carbocycles. The maximum Gasteiger partial charge on any atom is 0.0621 e. The highest BCUT2D eigenvalue weighted by atomic mass is 32.2. The van der Waals surface area contributed by atoms with Crippen molar-refractivity contribution in [3.63, 3.8) is 0 Å². The summed E-state index contributed by atoms with van der Waals surface area (Å²) >= 11 is 0. The van der Waals surface area contributed by atoms with Crippen LogP contribution in [0.4, 0.5) is 5.69 Å². The number of aryl methyl sites for hydroxylation is 1. The van der Waals surface area contributed by atoms with Crippen LogP contribution in [-0.4, -0.2) is 4.21 Å². The van der Waals surface area contributed by atoms with Crippen LogP contribution in [0.5, 0.6) is 0 Å². The van der Waals surface area contributed by atoms with E-state index in [1.54, 1.807) is 0 Å². The molecule has 1 unspecified atom stereocenters. The van der Waals surface area contributed by atoms with Crippen LogP contribution in [0.1, 0.15) is 11.1 Å². The second-order valence-electron chi connectivity index (χ2n) is 5.17. The van der Waals surface area contributed by atoms with Crippen LogP contribution in [0.3, 0.4) is 0 Å². The molecule has 0 radical (unpaired) electrons. The fourth-order valence-electron chi connectivity index (χ4n) is 2.51. The molecule has 0 aliphatic heterocycles. The van der Waals surface area contributed by atoms with Crippen LogP contribution in [0.15, 0.2) is 65.6 Å². The van der Waals surface area contributed by atoms with E-state index in [9.17, 15) is 4.21 Å². The molecule has 0 saturated heterocycles. The highest BCUT2D eigenvalue weighted by Gasteiger charge is 2.10. The Balaban J connectivity index is 1.97. The molecular weight excluding hydrogens is 278 g/mol. The maximum absolute atomic E-state index is 12.6. The number of benzene rings is 3. The molecule has 0 spiro atoms. The van der Waals surface area contributed by atoms with Gasteiger partial charge in [-0.05, 0) is 41.0 Å². The molecule has 3 aromatic rings. The summed E-state index contributed by atoms with van der Waals surface area (Å²) in [6, 6.07) is 20.0. The minimum Gasteiger partial charge on any atom is -0.398 e. The number of nitrogen functional groups attached to an aromatic ring is 1. The highest BCUT2D eigenvalue weighted by molar-refractivity contribution is 7.84. The zero-order valence-corrected chi connectivity index (χ0v) is 12.7. The van der Waals surface area contributed by atoms with Crippen LogP contribution in [0.25, 0.3) is 10.8 Å². The van der Waals surface area contributed by atoms with Crippen molar-refractivity contribution in [2.45, 2.75) is 17.6 Å². The zero-order valence-electron chi connectivity index (χ0n) is 11.9. The van der Waals surface area contributed by atoms with E-state index in [1.165, 1.54) is 5.39 Å². The number of hydrogen-bond donors (Lipinski definition) is 1. The Hall–Kier alpha value is -2.13. The van der Waals surface area contributed by atoms with Gasteiger partial charge in [-0.25, -0.2) is 0 Å². The molecule has 3 aromatic carbocycles. The SMILES string of the molecule is Cc1ccc(S(=O)Cc2cccc3ccccc23)c(N)c1. The molecule has 3 heteroatoms. The van der Waals surface area contributed by atoms with E-state index in [4.69, 9.17) is 5.73 Å². The normalized spacial score (nSPS) is 12.4. The highest BCUT2D eigenvalue weighted by Crippen LogP contribution is 2.24. The first-order valence-corrected chi connectivity index (χ1v) is 8.18. The van der Waals surface area contributed by atoms with Crippen molar-refractivity contribution in [2.24, 2.45) is 0 Å². The van der Waals surface area contributed by atoms with Crippen LogP contribution < -0.4 is 5.73 Å². The molecule has 0 fully saturated rings. The minimum atomic E-state index is -1.14. The summed E-state index contributed by atoms with van der Waals surface area (Å²) in [7, 11) is -1.14. The molecule has 0 bridgehead atoms. The summed E-state index contributed by atoms with van der Waals surface area (Å²) < 4.78 is 12.6. The van der Waals surface area contributed by atoms with Crippen molar-refractivity contribution in [3.8, 4) is 0 Å². The number of hydrogen-bond acceptors (Lipinski definition) is 2. The molecule has 0 aromatic heterocycles. The summed E-state index contributed by atoms with van der Waals surface area (Å²) in [5, 5.41) is 2.32. The molecule has 106 valence electrons. The van der Waals surface area contributed by atoms with Crippen molar-refractivity contribution < 1.29 is 4.21 Å². The van der Waals surface area contributed by atoms with Gasteiger partial charge in [-0.3, -0.25) is 4.21 Å². The second-order valence-corrected chi connectivity index (χ2v) is 6.59. The van der Waals surface area contributed by atoms with Crippen molar-refractivity contribution in [2.75, 3.05) is 5.73 Å². The summed E-state index contributed by atoms with van der Waals surface area (Å²) in [6.45, 7) is 1.98. The number of fused-ring (bicyclic) bond motifs is 1. The van der Waals surface area contributed by atoms with Gasteiger partial charge in [0.25, 0.3) is 0 Å². The lowest BCUT2D eigenvalue weighted by atomic mass is 10.1. The standard InChI is InChI=1S/C18H17NOS/c1-13-9-10-18(17(19)11-13)21(20)12-15-7-4-6-14-5-2-3-8-16(14)15/h2-11H,12,19H2,1H3. The van der Waals surface area contributed by atoms with Gasteiger partial charge in [0.2, 0.25) is 0 Å². The third-order valence-electron chi connectivity index (χ3n) is 3.58. The number of anilines is 1. The molecule has 1 atom stereocenters. The minimum absolute atomic E-state index is 0.481. The van der Waals surface area contributed by atoms with Crippen molar-refractivity contribution >= 4 is 27.3 Å². The number of rotatable bonds is 3. The Kier molecular flexibility index (Phi) is 3.76. The van der Waals surface area contributed by atoms with Gasteiger partial charge in [-0.1, -0.05) is 48.5 Å². The van der Waals surface area contributed by atoms with Crippen molar-refractivity contribution in [1.29, 1.82) is 0 Å². The van der Waals surface area contributed by atoms with Gasteiger partial charge in [0, 0.05) is 5.69 Å². The molecular formula is C18H17NOS. The molecule has 2 N–H and O–H groups in total. The predicted octanol–water partition coefficient (Wildman–Crippen LogP) is 4.04. The van der Waals surface area contributed by atoms with E-state index < -0.39 is 10.8 Å². The molecule has 2 nitrogen and oxygen atoms in total. The third-order valence-corrected chi connectivity index (χ3v) is 5.01. The summed E-state index contributed by atoms with van der Waals surface area (Å²) in [5.41, 5.74) is 8.77. The van der Waals surface area contributed by atoms with Crippen molar-refractivity contribution in [1.82, 2.24) is 0 Å². The topological polar surface area (TPSA) is 43.1 Å². The first-order valence-electron chi connectivity index (χ1n) is 6.86. The lowest BCUT2D eigenvalue weighted by Gasteiger charge is -2.09. The van der Waals surface area contributed by atoms with Gasteiger partial charge in [-0.15, -0.1) is 0 Å². The largest absolute Gasteiger partial charge is 0.398 e. The van der Waals surface area contributed by atoms with Gasteiger partial charge >= 0.3 is 0 Å². The number of nitrogens with two attached hydrogens (primary N) is 1. The zero-order chi connectivity index (χ0) is 14.8. The summed E-state index contributed by atoms with van der Waals surface area (Å²) in [5.74, 6) is 0.481. The Bertz CT molecular complexity index is 821. The van der Waals surface area contributed by atoms with E-state index in [-0.39, 0.29) is 0 Å². The Morgan fingerprint density at radius 1 is 1.00 bits per heavy atom. The van der Waals surface area contributed by atoms with Gasteiger partial charge in [0.15, 0.2) is 0 Å². The average Bonchev–Trinajstić information content (AvgIpc) is 2.47.